The highest BCUT2D eigenvalue weighted by Crippen LogP contribution is 2.06. The summed E-state index contributed by atoms with van der Waals surface area (Å²) >= 11 is 0. The molecule has 7 nitrogen and oxygen atoms in total. The number of amides is 1. The highest BCUT2D eigenvalue weighted by Gasteiger charge is 2.14. The molecule has 114 valence electrons. The van der Waals surface area contributed by atoms with Crippen LogP contribution in [0.5, 0.6) is 0 Å². The van der Waals surface area contributed by atoms with Gasteiger partial charge in [0.1, 0.15) is 5.69 Å². The number of carboxylic acid groups (broad SMARTS) is 1. The molecule has 7 heteroatoms. The van der Waals surface area contributed by atoms with E-state index in [0.717, 1.165) is 32.7 Å². The zero-order valence-corrected chi connectivity index (χ0v) is 12.1. The molecule has 1 amide bonds. The van der Waals surface area contributed by atoms with E-state index < -0.39 is 5.97 Å². The number of carboxylic acids is 1. The molecule has 0 spiro atoms. The van der Waals surface area contributed by atoms with Crippen molar-refractivity contribution in [3.63, 3.8) is 0 Å². The van der Waals surface area contributed by atoms with Gasteiger partial charge in [0.25, 0.3) is 5.91 Å². The fourth-order valence-electron chi connectivity index (χ4n) is 2.27. The van der Waals surface area contributed by atoms with E-state index in [1.54, 1.807) is 6.92 Å². The van der Waals surface area contributed by atoms with Crippen molar-refractivity contribution in [3.05, 3.63) is 29.1 Å². The van der Waals surface area contributed by atoms with Crippen LogP contribution in [-0.2, 0) is 0 Å². The van der Waals surface area contributed by atoms with Crippen LogP contribution in [0.15, 0.2) is 12.1 Å². The summed E-state index contributed by atoms with van der Waals surface area (Å²) in [7, 11) is 0. The molecule has 0 radical (unpaired) electrons. The molecular weight excluding hydrogens is 272 g/mol. The number of nitrogens with one attached hydrogen (secondary N) is 2. The van der Waals surface area contributed by atoms with Crippen molar-refractivity contribution in [2.75, 3.05) is 39.3 Å². The van der Waals surface area contributed by atoms with Gasteiger partial charge in [-0.2, -0.15) is 0 Å². The first-order chi connectivity index (χ1) is 10.1. The number of nitrogens with zero attached hydrogens (tertiary/aromatic N) is 2. The van der Waals surface area contributed by atoms with Gasteiger partial charge >= 0.3 is 5.97 Å². The fraction of sp³-hybridized carbons (Fsp3) is 0.500. The van der Waals surface area contributed by atoms with Gasteiger partial charge in [-0.1, -0.05) is 0 Å². The zero-order valence-electron chi connectivity index (χ0n) is 12.1. The van der Waals surface area contributed by atoms with Crippen molar-refractivity contribution < 1.29 is 14.7 Å². The Morgan fingerprint density at radius 1 is 1.38 bits per heavy atom. The monoisotopic (exact) mass is 292 g/mol. The van der Waals surface area contributed by atoms with Gasteiger partial charge < -0.3 is 15.7 Å². The largest absolute Gasteiger partial charge is 0.478 e. The Morgan fingerprint density at radius 3 is 2.71 bits per heavy atom. The zero-order chi connectivity index (χ0) is 15.2. The quantitative estimate of drug-likeness (QED) is 0.691. The normalized spacial score (nSPS) is 15.7. The summed E-state index contributed by atoms with van der Waals surface area (Å²) in [6.07, 6.45) is 0. The van der Waals surface area contributed by atoms with E-state index in [-0.39, 0.29) is 17.2 Å². The minimum Gasteiger partial charge on any atom is -0.478 e. The van der Waals surface area contributed by atoms with Gasteiger partial charge in [0.05, 0.1) is 11.3 Å². The van der Waals surface area contributed by atoms with E-state index in [2.05, 4.69) is 20.5 Å². The standard InChI is InChI=1S/C14H20N4O3/c1-10-11(14(20)21)2-3-12(17-10)13(19)16-6-9-18-7-4-15-5-8-18/h2-3,15H,4-9H2,1H3,(H,16,19)(H,20,21). The molecule has 1 fully saturated rings. The number of aryl methyl sites for hydroxylation is 1. The van der Waals surface area contributed by atoms with E-state index in [0.29, 0.717) is 12.2 Å². The predicted molar refractivity (Wildman–Crippen MR) is 77.6 cm³/mol. The van der Waals surface area contributed by atoms with Crippen LogP contribution < -0.4 is 10.6 Å². The number of hydrogen-bond acceptors (Lipinski definition) is 5. The maximum absolute atomic E-state index is 12.0. The van der Waals surface area contributed by atoms with Crippen molar-refractivity contribution in [2.24, 2.45) is 0 Å². The highest BCUT2D eigenvalue weighted by atomic mass is 16.4. The summed E-state index contributed by atoms with van der Waals surface area (Å²) in [5.41, 5.74) is 0.711. The van der Waals surface area contributed by atoms with Gasteiger partial charge in [-0.05, 0) is 19.1 Å². The number of carbonyl (C=O) groups excluding carboxylic acids is 1. The van der Waals surface area contributed by atoms with E-state index in [1.807, 2.05) is 0 Å². The number of rotatable bonds is 5. The van der Waals surface area contributed by atoms with Crippen molar-refractivity contribution in [3.8, 4) is 0 Å². The first-order valence-electron chi connectivity index (χ1n) is 7.00. The lowest BCUT2D eigenvalue weighted by Crippen LogP contribution is -2.46. The molecule has 0 atom stereocenters. The first kappa shape index (κ1) is 15.4. The molecule has 2 rings (SSSR count). The first-order valence-corrected chi connectivity index (χ1v) is 7.00. The molecule has 1 saturated heterocycles. The lowest BCUT2D eigenvalue weighted by molar-refractivity contribution is 0.0694. The topological polar surface area (TPSA) is 94.6 Å². The summed E-state index contributed by atoms with van der Waals surface area (Å²) in [5.74, 6) is -1.31. The molecule has 21 heavy (non-hydrogen) atoms. The molecule has 2 heterocycles. The Morgan fingerprint density at radius 2 is 2.10 bits per heavy atom. The minimum atomic E-state index is -1.04. The molecule has 1 aliphatic rings. The molecule has 3 N–H and O–H groups in total. The number of pyridine rings is 1. The summed E-state index contributed by atoms with van der Waals surface area (Å²) in [6, 6.07) is 2.85. The number of carbonyl (C=O) groups is 2. The molecule has 0 saturated carbocycles. The molecule has 1 aromatic heterocycles. The maximum atomic E-state index is 12.0. The Balaban J connectivity index is 1.85. The molecule has 1 aromatic rings. The van der Waals surface area contributed by atoms with Gasteiger partial charge in [-0.3, -0.25) is 9.69 Å². The van der Waals surface area contributed by atoms with Gasteiger partial charge in [0.2, 0.25) is 0 Å². The number of piperazine rings is 1. The van der Waals surface area contributed by atoms with Gasteiger partial charge in [0, 0.05) is 39.3 Å². The molecule has 0 aliphatic carbocycles. The highest BCUT2D eigenvalue weighted by molar-refractivity contribution is 5.94. The van der Waals surface area contributed by atoms with Crippen molar-refractivity contribution in [2.45, 2.75) is 6.92 Å². The van der Waals surface area contributed by atoms with Crippen molar-refractivity contribution >= 4 is 11.9 Å². The summed E-state index contributed by atoms with van der Waals surface area (Å²) < 4.78 is 0. The molecular formula is C14H20N4O3. The summed E-state index contributed by atoms with van der Waals surface area (Å²) in [6.45, 7) is 6.87. The van der Waals surface area contributed by atoms with E-state index >= 15 is 0 Å². The summed E-state index contributed by atoms with van der Waals surface area (Å²) in [4.78, 5) is 29.2. The van der Waals surface area contributed by atoms with Crippen LogP contribution in [0.25, 0.3) is 0 Å². The third-order valence-corrected chi connectivity index (χ3v) is 3.47. The van der Waals surface area contributed by atoms with E-state index in [1.165, 1.54) is 12.1 Å². The van der Waals surface area contributed by atoms with Crippen molar-refractivity contribution in [1.82, 2.24) is 20.5 Å². The molecule has 0 aromatic carbocycles. The second-order valence-corrected chi connectivity index (χ2v) is 4.98. The van der Waals surface area contributed by atoms with Crippen LogP contribution in [-0.4, -0.2) is 66.1 Å². The Kier molecular flexibility index (Phi) is 5.24. The Hall–Kier alpha value is -1.99. The smallest absolute Gasteiger partial charge is 0.337 e. The Labute approximate surface area is 123 Å². The summed E-state index contributed by atoms with van der Waals surface area (Å²) in [5, 5.41) is 15.0. The number of aromatic carboxylic acids is 1. The van der Waals surface area contributed by atoms with Crippen LogP contribution in [0, 0.1) is 6.92 Å². The molecule has 0 bridgehead atoms. The maximum Gasteiger partial charge on any atom is 0.337 e. The number of hydrogen-bond donors (Lipinski definition) is 3. The van der Waals surface area contributed by atoms with Gasteiger partial charge in [-0.15, -0.1) is 0 Å². The second-order valence-electron chi connectivity index (χ2n) is 4.98. The van der Waals surface area contributed by atoms with Crippen LogP contribution in [0.4, 0.5) is 0 Å². The SMILES string of the molecule is Cc1nc(C(=O)NCCN2CCNCC2)ccc1C(=O)O. The van der Waals surface area contributed by atoms with Crippen LogP contribution in [0.1, 0.15) is 26.5 Å². The van der Waals surface area contributed by atoms with Gasteiger partial charge in [0.15, 0.2) is 0 Å². The second kappa shape index (κ2) is 7.14. The predicted octanol–water partition coefficient (Wildman–Crippen LogP) is -0.277. The number of aromatic nitrogens is 1. The van der Waals surface area contributed by atoms with Crippen LogP contribution in [0.2, 0.25) is 0 Å². The average Bonchev–Trinajstić information content (AvgIpc) is 2.47. The molecule has 0 unspecified atom stereocenters. The van der Waals surface area contributed by atoms with Crippen LogP contribution in [0.3, 0.4) is 0 Å². The third kappa shape index (κ3) is 4.24. The third-order valence-electron chi connectivity index (χ3n) is 3.47. The minimum absolute atomic E-state index is 0.118. The van der Waals surface area contributed by atoms with E-state index in [9.17, 15) is 9.59 Å². The van der Waals surface area contributed by atoms with Gasteiger partial charge in [-0.25, -0.2) is 9.78 Å². The fourth-order valence-corrected chi connectivity index (χ4v) is 2.27. The average molecular weight is 292 g/mol. The van der Waals surface area contributed by atoms with Crippen molar-refractivity contribution in [1.29, 1.82) is 0 Å². The van der Waals surface area contributed by atoms with E-state index in [4.69, 9.17) is 5.11 Å². The Bertz CT molecular complexity index is 527. The lowest BCUT2D eigenvalue weighted by Gasteiger charge is -2.27. The lowest BCUT2D eigenvalue weighted by atomic mass is 10.2. The molecule has 1 aliphatic heterocycles. The van der Waals surface area contributed by atoms with Crippen LogP contribution >= 0.6 is 0 Å².